The van der Waals surface area contributed by atoms with Crippen LogP contribution in [0.2, 0.25) is 5.02 Å². The van der Waals surface area contributed by atoms with Crippen LogP contribution in [0.4, 0.5) is 0 Å². The SMILES string of the molecule is O=C(O)CCc1ccccc1OCc1cccc(Oc2cccc(Cl)c2)c1. The number of hydrogen-bond donors (Lipinski definition) is 1. The molecular weight excluding hydrogens is 364 g/mol. The van der Waals surface area contributed by atoms with Crippen molar-refractivity contribution < 1.29 is 19.4 Å². The average Bonchev–Trinajstić information content (AvgIpc) is 2.65. The highest BCUT2D eigenvalue weighted by Crippen LogP contribution is 2.26. The van der Waals surface area contributed by atoms with Crippen LogP contribution < -0.4 is 9.47 Å². The molecule has 0 atom stereocenters. The van der Waals surface area contributed by atoms with Gasteiger partial charge in [0, 0.05) is 11.4 Å². The van der Waals surface area contributed by atoms with Gasteiger partial charge in [0.15, 0.2) is 0 Å². The number of aryl methyl sites for hydroxylation is 1. The van der Waals surface area contributed by atoms with Gasteiger partial charge in [0.05, 0.1) is 0 Å². The Morgan fingerprint density at radius 1 is 0.926 bits per heavy atom. The predicted molar refractivity (Wildman–Crippen MR) is 105 cm³/mol. The second-order valence-corrected chi connectivity index (χ2v) is 6.43. The van der Waals surface area contributed by atoms with Gasteiger partial charge in [-0.25, -0.2) is 0 Å². The topological polar surface area (TPSA) is 55.8 Å². The van der Waals surface area contributed by atoms with Crippen molar-refractivity contribution in [3.8, 4) is 17.2 Å². The minimum absolute atomic E-state index is 0.0728. The summed E-state index contributed by atoms with van der Waals surface area (Å²) in [7, 11) is 0. The van der Waals surface area contributed by atoms with Gasteiger partial charge >= 0.3 is 5.97 Å². The van der Waals surface area contributed by atoms with Gasteiger partial charge in [-0.15, -0.1) is 0 Å². The Bertz CT molecular complexity index is 923. The van der Waals surface area contributed by atoms with Crippen LogP contribution in [-0.4, -0.2) is 11.1 Å². The first-order valence-electron chi connectivity index (χ1n) is 8.55. The first-order chi connectivity index (χ1) is 13.1. The van der Waals surface area contributed by atoms with E-state index in [-0.39, 0.29) is 6.42 Å². The fourth-order valence-corrected chi connectivity index (χ4v) is 2.80. The minimum atomic E-state index is -0.823. The van der Waals surface area contributed by atoms with Gasteiger partial charge < -0.3 is 14.6 Å². The van der Waals surface area contributed by atoms with Crippen molar-refractivity contribution in [1.82, 2.24) is 0 Å². The van der Waals surface area contributed by atoms with E-state index >= 15 is 0 Å². The summed E-state index contributed by atoms with van der Waals surface area (Å²) >= 11 is 5.98. The van der Waals surface area contributed by atoms with Gasteiger partial charge in [-0.1, -0.05) is 48.0 Å². The molecule has 5 heteroatoms. The lowest BCUT2D eigenvalue weighted by molar-refractivity contribution is -0.136. The van der Waals surface area contributed by atoms with Crippen molar-refractivity contribution in [3.63, 3.8) is 0 Å². The van der Waals surface area contributed by atoms with Gasteiger partial charge in [-0.05, 0) is 53.9 Å². The minimum Gasteiger partial charge on any atom is -0.489 e. The monoisotopic (exact) mass is 382 g/mol. The summed E-state index contributed by atoms with van der Waals surface area (Å²) in [5.74, 6) is 1.23. The molecule has 0 aliphatic carbocycles. The molecule has 0 amide bonds. The maximum atomic E-state index is 10.8. The van der Waals surface area contributed by atoms with E-state index < -0.39 is 5.97 Å². The molecular formula is C22H19ClO4. The van der Waals surface area contributed by atoms with Crippen molar-refractivity contribution in [2.75, 3.05) is 0 Å². The summed E-state index contributed by atoms with van der Waals surface area (Å²) in [4.78, 5) is 10.8. The molecule has 0 fully saturated rings. The quantitative estimate of drug-likeness (QED) is 0.540. The summed E-state index contributed by atoms with van der Waals surface area (Å²) in [5.41, 5.74) is 1.83. The van der Waals surface area contributed by atoms with Crippen molar-refractivity contribution in [2.24, 2.45) is 0 Å². The Balaban J connectivity index is 1.66. The Morgan fingerprint density at radius 3 is 2.44 bits per heavy atom. The lowest BCUT2D eigenvalue weighted by Crippen LogP contribution is -2.02. The van der Waals surface area contributed by atoms with E-state index in [4.69, 9.17) is 26.2 Å². The second-order valence-electron chi connectivity index (χ2n) is 6.00. The average molecular weight is 383 g/mol. The first-order valence-corrected chi connectivity index (χ1v) is 8.93. The molecule has 27 heavy (non-hydrogen) atoms. The standard InChI is InChI=1S/C22H19ClO4/c23-18-7-4-9-20(14-18)27-19-8-3-5-16(13-19)15-26-21-10-2-1-6-17(21)11-12-22(24)25/h1-10,13-14H,11-12,15H2,(H,24,25). The van der Waals surface area contributed by atoms with Crippen LogP contribution in [-0.2, 0) is 17.8 Å². The van der Waals surface area contributed by atoms with E-state index in [1.807, 2.05) is 60.7 Å². The van der Waals surface area contributed by atoms with Gasteiger partial charge in [0.1, 0.15) is 23.9 Å². The third-order valence-electron chi connectivity index (χ3n) is 3.91. The normalized spacial score (nSPS) is 10.4. The number of halogens is 1. The largest absolute Gasteiger partial charge is 0.489 e. The van der Waals surface area contributed by atoms with E-state index in [0.29, 0.717) is 35.3 Å². The van der Waals surface area contributed by atoms with Crippen LogP contribution in [0.25, 0.3) is 0 Å². The highest BCUT2D eigenvalue weighted by atomic mass is 35.5. The lowest BCUT2D eigenvalue weighted by Gasteiger charge is -2.12. The van der Waals surface area contributed by atoms with Crippen LogP contribution in [0, 0.1) is 0 Å². The number of rotatable bonds is 8. The number of ether oxygens (including phenoxy) is 2. The Morgan fingerprint density at radius 2 is 1.67 bits per heavy atom. The number of hydrogen-bond acceptors (Lipinski definition) is 3. The second kappa shape index (κ2) is 9.10. The van der Waals surface area contributed by atoms with Crippen molar-refractivity contribution >= 4 is 17.6 Å². The predicted octanol–water partition coefficient (Wildman–Crippen LogP) is 5.73. The molecule has 0 spiro atoms. The molecule has 0 unspecified atom stereocenters. The number of carboxylic acid groups (broad SMARTS) is 1. The molecule has 0 saturated heterocycles. The number of aliphatic carboxylic acids is 1. The number of benzene rings is 3. The summed E-state index contributed by atoms with van der Waals surface area (Å²) in [5, 5.41) is 9.50. The zero-order valence-corrected chi connectivity index (χ0v) is 15.4. The van der Waals surface area contributed by atoms with Crippen LogP contribution in [0.3, 0.4) is 0 Å². The van der Waals surface area contributed by atoms with Gasteiger partial charge in [0.25, 0.3) is 0 Å². The lowest BCUT2D eigenvalue weighted by atomic mass is 10.1. The summed E-state index contributed by atoms with van der Waals surface area (Å²) in [6.07, 6.45) is 0.507. The Kier molecular flexibility index (Phi) is 6.34. The van der Waals surface area contributed by atoms with Crippen LogP contribution in [0.15, 0.2) is 72.8 Å². The molecule has 138 valence electrons. The van der Waals surface area contributed by atoms with E-state index in [0.717, 1.165) is 11.1 Å². The highest BCUT2D eigenvalue weighted by molar-refractivity contribution is 6.30. The maximum absolute atomic E-state index is 10.8. The highest BCUT2D eigenvalue weighted by Gasteiger charge is 2.07. The molecule has 0 aliphatic heterocycles. The molecule has 1 N–H and O–H groups in total. The molecule has 0 aromatic heterocycles. The number of carbonyl (C=O) groups is 1. The number of carboxylic acids is 1. The molecule has 4 nitrogen and oxygen atoms in total. The van der Waals surface area contributed by atoms with E-state index in [9.17, 15) is 4.79 Å². The fourth-order valence-electron chi connectivity index (χ4n) is 2.62. The van der Waals surface area contributed by atoms with Crippen LogP contribution in [0.5, 0.6) is 17.2 Å². The molecule has 3 aromatic rings. The maximum Gasteiger partial charge on any atom is 0.303 e. The third-order valence-corrected chi connectivity index (χ3v) is 4.14. The molecule has 0 heterocycles. The van der Waals surface area contributed by atoms with E-state index in [1.165, 1.54) is 0 Å². The van der Waals surface area contributed by atoms with Gasteiger partial charge in [-0.2, -0.15) is 0 Å². The van der Waals surface area contributed by atoms with Crippen molar-refractivity contribution in [2.45, 2.75) is 19.4 Å². The van der Waals surface area contributed by atoms with Crippen molar-refractivity contribution in [3.05, 3.63) is 88.9 Å². The van der Waals surface area contributed by atoms with E-state index in [2.05, 4.69) is 0 Å². The first kappa shape index (κ1) is 18.8. The molecule has 0 saturated carbocycles. The van der Waals surface area contributed by atoms with Crippen LogP contribution in [0.1, 0.15) is 17.5 Å². The third kappa shape index (κ3) is 5.76. The molecule has 0 radical (unpaired) electrons. The van der Waals surface area contributed by atoms with Gasteiger partial charge in [-0.3, -0.25) is 4.79 Å². The number of para-hydroxylation sites is 1. The van der Waals surface area contributed by atoms with Crippen LogP contribution >= 0.6 is 11.6 Å². The summed E-state index contributed by atoms with van der Waals surface area (Å²) in [6.45, 7) is 0.358. The molecule has 3 rings (SSSR count). The summed E-state index contributed by atoms with van der Waals surface area (Å²) in [6, 6.07) is 22.3. The molecule has 3 aromatic carbocycles. The summed E-state index contributed by atoms with van der Waals surface area (Å²) < 4.78 is 11.7. The zero-order valence-electron chi connectivity index (χ0n) is 14.6. The van der Waals surface area contributed by atoms with E-state index in [1.54, 1.807) is 12.1 Å². The van der Waals surface area contributed by atoms with Crippen molar-refractivity contribution in [1.29, 1.82) is 0 Å². The Hall–Kier alpha value is -2.98. The fraction of sp³-hybridized carbons (Fsp3) is 0.136. The molecule has 0 aliphatic rings. The smallest absolute Gasteiger partial charge is 0.303 e. The van der Waals surface area contributed by atoms with Gasteiger partial charge in [0.2, 0.25) is 0 Å². The zero-order chi connectivity index (χ0) is 19.1. The Labute approximate surface area is 162 Å². The molecule has 0 bridgehead atoms.